The molecule has 4 N–H and O–H groups in total. The van der Waals surface area contributed by atoms with Crippen LogP contribution in [-0.4, -0.2) is 24.4 Å². The molecule has 5 nitrogen and oxygen atoms in total. The van der Waals surface area contributed by atoms with Gasteiger partial charge in [0.1, 0.15) is 6.61 Å². The average molecular weight is 433 g/mol. The van der Waals surface area contributed by atoms with E-state index < -0.39 is 6.09 Å². The van der Waals surface area contributed by atoms with E-state index in [1.807, 2.05) is 24.3 Å². The molecule has 31 heavy (non-hydrogen) atoms. The van der Waals surface area contributed by atoms with Crippen molar-refractivity contribution in [3.8, 4) is 28.7 Å². The number of carbonyl (C=O) groups is 1. The lowest BCUT2D eigenvalue weighted by Gasteiger charge is -2.14. The number of phenols is 1. The van der Waals surface area contributed by atoms with Crippen molar-refractivity contribution in [1.82, 2.24) is 5.32 Å². The zero-order chi connectivity index (χ0) is 21.8. The molecule has 0 aliphatic heterocycles. The van der Waals surface area contributed by atoms with Gasteiger partial charge < -0.3 is 20.9 Å². The Labute approximate surface area is 185 Å². The smallest absolute Gasteiger partial charge is 0.407 e. The highest BCUT2D eigenvalue weighted by atomic mass is 35.5. The van der Waals surface area contributed by atoms with Crippen LogP contribution < -0.4 is 11.1 Å². The Morgan fingerprint density at radius 3 is 2.42 bits per heavy atom. The van der Waals surface area contributed by atoms with Gasteiger partial charge in [0.05, 0.1) is 11.3 Å². The first-order valence-corrected chi connectivity index (χ1v) is 10.3. The Morgan fingerprint density at radius 2 is 1.74 bits per heavy atom. The fourth-order valence-corrected chi connectivity index (χ4v) is 3.98. The number of phenolic OH excluding ortho intramolecular Hbond substituents is 1. The molecule has 0 heterocycles. The Bertz CT molecular complexity index is 1150. The summed E-state index contributed by atoms with van der Waals surface area (Å²) in [6.07, 6.45) is -0.103. The Hall–Kier alpha value is -3.62. The largest absolute Gasteiger partial charge is 0.505 e. The van der Waals surface area contributed by atoms with Gasteiger partial charge in [0.15, 0.2) is 5.75 Å². The first-order valence-electron chi connectivity index (χ1n) is 9.90. The van der Waals surface area contributed by atoms with E-state index in [0.717, 1.165) is 0 Å². The zero-order valence-corrected chi connectivity index (χ0v) is 17.4. The number of alkyl carbamates (subject to hydrolysis) is 1. The number of aromatic hydroxyl groups is 1. The molecule has 1 aliphatic rings. The Kier molecular flexibility index (Phi) is 6.01. The van der Waals surface area contributed by atoms with E-state index in [-0.39, 0.29) is 24.0 Å². The van der Waals surface area contributed by atoms with E-state index in [2.05, 4.69) is 41.4 Å². The lowest BCUT2D eigenvalue weighted by molar-refractivity contribution is 0.143. The van der Waals surface area contributed by atoms with Gasteiger partial charge in [-0.15, -0.1) is 0 Å². The minimum absolute atomic E-state index is 0.0224. The number of anilines is 1. The first kappa shape index (κ1) is 20.6. The number of hydrogen-bond donors (Lipinski definition) is 3. The maximum Gasteiger partial charge on any atom is 0.407 e. The average Bonchev–Trinajstić information content (AvgIpc) is 3.09. The maximum atomic E-state index is 12.1. The third kappa shape index (κ3) is 4.45. The highest BCUT2D eigenvalue weighted by Crippen LogP contribution is 2.44. The van der Waals surface area contributed by atoms with Crippen molar-refractivity contribution in [1.29, 1.82) is 0 Å². The lowest BCUT2D eigenvalue weighted by atomic mass is 9.98. The van der Waals surface area contributed by atoms with Gasteiger partial charge >= 0.3 is 6.09 Å². The first-order chi connectivity index (χ1) is 15.0. The molecule has 0 radical (unpaired) electrons. The van der Waals surface area contributed by atoms with E-state index in [4.69, 9.17) is 22.1 Å². The van der Waals surface area contributed by atoms with Crippen molar-refractivity contribution in [3.05, 3.63) is 82.4 Å². The van der Waals surface area contributed by atoms with E-state index in [9.17, 15) is 9.90 Å². The SMILES string of the molecule is Nc1cc(Cl)cc(C#CCCNC(=O)OCC2c3ccccc3-c3ccccc32)c1O. The minimum atomic E-state index is -0.487. The van der Waals surface area contributed by atoms with Crippen molar-refractivity contribution in [3.63, 3.8) is 0 Å². The van der Waals surface area contributed by atoms with Crippen molar-refractivity contribution in [2.24, 2.45) is 0 Å². The molecule has 156 valence electrons. The van der Waals surface area contributed by atoms with Gasteiger partial charge in [-0.3, -0.25) is 0 Å². The summed E-state index contributed by atoms with van der Waals surface area (Å²) in [7, 11) is 0. The predicted octanol–water partition coefficient (Wildman–Crippen LogP) is 4.91. The number of ether oxygens (including phenoxy) is 1. The number of nitrogens with two attached hydrogens (primary N) is 1. The lowest BCUT2D eigenvalue weighted by Crippen LogP contribution is -2.26. The summed E-state index contributed by atoms with van der Waals surface area (Å²) in [5.74, 6) is 5.62. The molecule has 6 heteroatoms. The van der Waals surface area contributed by atoms with Crippen LogP contribution in [0.1, 0.15) is 29.0 Å². The second kappa shape index (κ2) is 9.03. The summed E-state index contributed by atoms with van der Waals surface area (Å²) in [4.78, 5) is 12.1. The van der Waals surface area contributed by atoms with Gasteiger partial charge in [-0.2, -0.15) is 0 Å². The van der Waals surface area contributed by atoms with Crippen LogP contribution in [0.15, 0.2) is 60.7 Å². The van der Waals surface area contributed by atoms with E-state index in [0.29, 0.717) is 23.6 Å². The monoisotopic (exact) mass is 432 g/mol. The predicted molar refractivity (Wildman–Crippen MR) is 122 cm³/mol. The topological polar surface area (TPSA) is 84.6 Å². The number of carbonyl (C=O) groups excluding carboxylic acids is 1. The standard InChI is InChI=1S/C25H21ClN2O3/c26-17-13-16(24(29)23(27)14-17)7-5-6-12-28-25(30)31-15-22-20-10-3-1-8-18(20)19-9-2-4-11-21(19)22/h1-4,8-11,13-14,22,29H,6,12,15,27H2,(H,28,30). The van der Waals surface area contributed by atoms with Crippen molar-refractivity contribution in [2.75, 3.05) is 18.9 Å². The third-order valence-corrected chi connectivity index (χ3v) is 5.41. The third-order valence-electron chi connectivity index (χ3n) is 5.19. The van der Waals surface area contributed by atoms with Crippen LogP contribution in [0.25, 0.3) is 11.1 Å². The molecule has 1 aliphatic carbocycles. The second-order valence-electron chi connectivity index (χ2n) is 7.20. The van der Waals surface area contributed by atoms with Crippen molar-refractivity contribution >= 4 is 23.4 Å². The molecule has 0 atom stereocenters. The van der Waals surface area contributed by atoms with Crippen LogP contribution in [0.2, 0.25) is 5.02 Å². The van der Waals surface area contributed by atoms with Gasteiger partial charge in [0.25, 0.3) is 0 Å². The summed E-state index contributed by atoms with van der Waals surface area (Å²) in [5, 5.41) is 13.0. The van der Waals surface area contributed by atoms with Crippen molar-refractivity contribution in [2.45, 2.75) is 12.3 Å². The molecule has 0 aromatic heterocycles. The van der Waals surface area contributed by atoms with Gasteiger partial charge in [0.2, 0.25) is 0 Å². The second-order valence-corrected chi connectivity index (χ2v) is 7.63. The van der Waals surface area contributed by atoms with Crippen LogP contribution >= 0.6 is 11.6 Å². The fraction of sp³-hybridized carbons (Fsp3) is 0.160. The summed E-state index contributed by atoms with van der Waals surface area (Å²) in [5.41, 5.74) is 10.9. The van der Waals surface area contributed by atoms with Crippen LogP contribution in [0.4, 0.5) is 10.5 Å². The molecule has 3 aromatic carbocycles. The highest BCUT2D eigenvalue weighted by molar-refractivity contribution is 6.31. The van der Waals surface area contributed by atoms with Gasteiger partial charge in [-0.1, -0.05) is 72.0 Å². The van der Waals surface area contributed by atoms with Gasteiger partial charge in [0, 0.05) is 23.9 Å². The molecule has 0 spiro atoms. The molecule has 1 amide bonds. The quantitative estimate of drug-likeness (QED) is 0.237. The number of hydrogen-bond acceptors (Lipinski definition) is 4. The van der Waals surface area contributed by atoms with Crippen molar-refractivity contribution < 1.29 is 14.6 Å². The van der Waals surface area contributed by atoms with E-state index in [1.165, 1.54) is 28.3 Å². The number of nitrogens with one attached hydrogen (secondary N) is 1. The van der Waals surface area contributed by atoms with E-state index in [1.54, 1.807) is 6.07 Å². The zero-order valence-electron chi connectivity index (χ0n) is 16.7. The Balaban J connectivity index is 1.30. The molecule has 0 saturated heterocycles. The molecule has 0 bridgehead atoms. The van der Waals surface area contributed by atoms with Crippen LogP contribution in [0.5, 0.6) is 5.75 Å². The number of halogens is 1. The molecular formula is C25H21ClN2O3. The fourth-order valence-electron chi connectivity index (χ4n) is 3.75. The van der Waals surface area contributed by atoms with E-state index >= 15 is 0 Å². The molecule has 4 rings (SSSR count). The normalized spacial score (nSPS) is 11.8. The maximum absolute atomic E-state index is 12.1. The summed E-state index contributed by atoms with van der Waals surface area (Å²) in [6, 6.07) is 19.4. The number of fused-ring (bicyclic) bond motifs is 3. The van der Waals surface area contributed by atoms with Crippen LogP contribution in [0, 0.1) is 11.8 Å². The molecule has 0 unspecified atom stereocenters. The highest BCUT2D eigenvalue weighted by Gasteiger charge is 2.28. The van der Waals surface area contributed by atoms with Crippen LogP contribution in [0.3, 0.4) is 0 Å². The number of amides is 1. The number of nitrogen functional groups attached to an aromatic ring is 1. The van der Waals surface area contributed by atoms with Crippen LogP contribution in [-0.2, 0) is 4.74 Å². The minimum Gasteiger partial charge on any atom is -0.505 e. The Morgan fingerprint density at radius 1 is 1.10 bits per heavy atom. The summed E-state index contributed by atoms with van der Waals surface area (Å²) >= 11 is 5.92. The molecule has 0 fully saturated rings. The summed E-state index contributed by atoms with van der Waals surface area (Å²) < 4.78 is 5.48. The number of benzene rings is 3. The molecule has 0 saturated carbocycles. The number of rotatable bonds is 4. The molecular weight excluding hydrogens is 412 g/mol. The van der Waals surface area contributed by atoms with Gasteiger partial charge in [-0.25, -0.2) is 4.79 Å². The summed E-state index contributed by atoms with van der Waals surface area (Å²) in [6.45, 7) is 0.585. The molecule has 3 aromatic rings. The van der Waals surface area contributed by atoms with Gasteiger partial charge in [-0.05, 0) is 34.4 Å².